The third-order valence-electron chi connectivity index (χ3n) is 6.91. The molecule has 0 atom stereocenters. The topological polar surface area (TPSA) is 117 Å². The van der Waals surface area contributed by atoms with E-state index in [-0.39, 0.29) is 0 Å². The molecular weight excluding hydrogens is 498 g/mol. The van der Waals surface area contributed by atoms with Crippen LogP contribution in [0.4, 0.5) is 0 Å². The van der Waals surface area contributed by atoms with Gasteiger partial charge in [-0.25, -0.2) is 19.6 Å². The molecule has 2 aromatic rings. The second-order valence-electron chi connectivity index (χ2n) is 9.85. The van der Waals surface area contributed by atoms with Crippen LogP contribution in [0.2, 0.25) is 0 Å². The van der Waals surface area contributed by atoms with Gasteiger partial charge in [0.2, 0.25) is 0 Å². The molecule has 1 aliphatic rings. The number of ether oxygens (including phenoxy) is 2. The minimum Gasteiger partial charge on any atom is -0.464 e. The first-order chi connectivity index (χ1) is 18.9. The van der Waals surface area contributed by atoms with E-state index >= 15 is 0 Å². The van der Waals surface area contributed by atoms with Crippen LogP contribution in [0.15, 0.2) is 36.4 Å². The van der Waals surface area contributed by atoms with Crippen LogP contribution in [-0.4, -0.2) is 128 Å². The van der Waals surface area contributed by atoms with Crippen molar-refractivity contribution in [3.05, 3.63) is 59.2 Å². The standard InChI is InChI=1S/C28H43N7O4/c1-32-13-15-34(21-23-7-4-9-25(30-23)27(36)38-2)19-17-33(12-6-11-29)18-20-35(16-14-32)22-24-8-5-10-26(31-24)28(37)39-3/h4-5,7-10H,6,11-22,29H2,1-3H3. The van der Waals surface area contributed by atoms with Crippen LogP contribution in [0.25, 0.3) is 0 Å². The zero-order valence-electron chi connectivity index (χ0n) is 23.6. The Hall–Kier alpha value is -2.96. The molecule has 0 aromatic carbocycles. The van der Waals surface area contributed by atoms with E-state index in [1.165, 1.54) is 14.2 Å². The summed E-state index contributed by atoms with van der Waals surface area (Å²) in [5, 5.41) is 0. The number of aromatic nitrogens is 2. The van der Waals surface area contributed by atoms with E-state index < -0.39 is 11.9 Å². The summed E-state index contributed by atoms with van der Waals surface area (Å²) in [7, 11) is 4.88. The van der Waals surface area contributed by atoms with E-state index in [1.54, 1.807) is 12.1 Å². The largest absolute Gasteiger partial charge is 0.464 e. The van der Waals surface area contributed by atoms with Gasteiger partial charge in [0.15, 0.2) is 0 Å². The molecule has 39 heavy (non-hydrogen) atoms. The molecule has 0 bridgehead atoms. The van der Waals surface area contributed by atoms with E-state index in [0.29, 0.717) is 31.0 Å². The number of esters is 2. The van der Waals surface area contributed by atoms with Crippen molar-refractivity contribution in [1.82, 2.24) is 29.6 Å². The number of carbonyl (C=O) groups excluding carboxylic acids is 2. The second kappa shape index (κ2) is 16.2. The Morgan fingerprint density at radius 2 is 1.18 bits per heavy atom. The number of hydrogen-bond donors (Lipinski definition) is 1. The molecular formula is C28H43N7O4. The SMILES string of the molecule is COC(=O)c1cccc(CN2CCN(C)CCN(Cc3cccc(C(=O)OC)n3)CCN(CCCN)CC2)n1. The summed E-state index contributed by atoms with van der Waals surface area (Å²) in [5.41, 5.74) is 8.22. The van der Waals surface area contributed by atoms with E-state index in [4.69, 9.17) is 15.2 Å². The molecule has 0 radical (unpaired) electrons. The fourth-order valence-corrected chi connectivity index (χ4v) is 4.52. The summed E-state index contributed by atoms with van der Waals surface area (Å²) in [6, 6.07) is 11.0. The molecule has 2 N–H and O–H groups in total. The zero-order valence-corrected chi connectivity index (χ0v) is 23.6. The molecule has 11 nitrogen and oxygen atoms in total. The van der Waals surface area contributed by atoms with Gasteiger partial charge >= 0.3 is 11.9 Å². The summed E-state index contributed by atoms with van der Waals surface area (Å²) in [6.45, 7) is 10.1. The van der Waals surface area contributed by atoms with E-state index in [2.05, 4.69) is 36.6 Å². The Morgan fingerprint density at radius 1 is 0.744 bits per heavy atom. The van der Waals surface area contributed by atoms with Gasteiger partial charge in [-0.05, 0) is 50.8 Å². The molecule has 1 saturated heterocycles. The molecule has 0 amide bonds. The highest BCUT2D eigenvalue weighted by atomic mass is 16.5. The fraction of sp³-hybridized carbons (Fsp3) is 0.571. The Labute approximate surface area is 231 Å². The first kappa shape index (κ1) is 30.6. The number of carbonyl (C=O) groups is 2. The number of nitrogens with zero attached hydrogens (tertiary/aromatic N) is 6. The predicted molar refractivity (Wildman–Crippen MR) is 149 cm³/mol. The highest BCUT2D eigenvalue weighted by Gasteiger charge is 2.18. The monoisotopic (exact) mass is 541 g/mol. The molecule has 0 saturated carbocycles. The van der Waals surface area contributed by atoms with Crippen molar-refractivity contribution in [1.29, 1.82) is 0 Å². The third-order valence-corrected chi connectivity index (χ3v) is 6.91. The van der Waals surface area contributed by atoms with E-state index in [9.17, 15) is 9.59 Å². The summed E-state index contributed by atoms with van der Waals surface area (Å²) < 4.78 is 9.68. The van der Waals surface area contributed by atoms with Gasteiger partial charge in [0, 0.05) is 65.4 Å². The minimum atomic E-state index is -0.421. The minimum absolute atomic E-state index is 0.331. The quantitative estimate of drug-likeness (QED) is 0.457. The molecule has 214 valence electrons. The Kier molecular flexibility index (Phi) is 12.7. The van der Waals surface area contributed by atoms with Crippen LogP contribution in [0.1, 0.15) is 38.8 Å². The van der Waals surface area contributed by atoms with Crippen LogP contribution >= 0.6 is 0 Å². The maximum Gasteiger partial charge on any atom is 0.356 e. The Bertz CT molecular complexity index is 977. The van der Waals surface area contributed by atoms with Gasteiger partial charge in [0.1, 0.15) is 11.4 Å². The van der Waals surface area contributed by atoms with Gasteiger partial charge < -0.3 is 25.0 Å². The molecule has 1 aliphatic heterocycles. The molecule has 0 aliphatic carbocycles. The van der Waals surface area contributed by atoms with Gasteiger partial charge in [0.05, 0.1) is 25.6 Å². The van der Waals surface area contributed by atoms with Crippen molar-refractivity contribution >= 4 is 11.9 Å². The zero-order chi connectivity index (χ0) is 28.0. The second-order valence-corrected chi connectivity index (χ2v) is 9.85. The van der Waals surface area contributed by atoms with E-state index in [1.807, 2.05) is 24.3 Å². The first-order valence-electron chi connectivity index (χ1n) is 13.6. The van der Waals surface area contributed by atoms with Crippen LogP contribution in [0.3, 0.4) is 0 Å². The maximum absolute atomic E-state index is 12.0. The lowest BCUT2D eigenvalue weighted by molar-refractivity contribution is 0.0585. The maximum atomic E-state index is 12.0. The number of likely N-dealkylation sites (N-methyl/N-ethyl adjacent to an activating group) is 1. The van der Waals surface area contributed by atoms with Crippen molar-refractivity contribution in [3.63, 3.8) is 0 Å². The lowest BCUT2D eigenvalue weighted by atomic mass is 10.2. The first-order valence-corrected chi connectivity index (χ1v) is 13.6. The highest BCUT2D eigenvalue weighted by Crippen LogP contribution is 2.09. The highest BCUT2D eigenvalue weighted by molar-refractivity contribution is 5.87. The molecule has 0 unspecified atom stereocenters. The van der Waals surface area contributed by atoms with Gasteiger partial charge in [0.25, 0.3) is 0 Å². The lowest BCUT2D eigenvalue weighted by Crippen LogP contribution is -2.45. The lowest BCUT2D eigenvalue weighted by Gasteiger charge is -2.33. The van der Waals surface area contributed by atoms with Crippen molar-refractivity contribution in [3.8, 4) is 0 Å². The Morgan fingerprint density at radius 3 is 1.62 bits per heavy atom. The molecule has 2 aromatic heterocycles. The number of hydrogen-bond acceptors (Lipinski definition) is 11. The molecule has 11 heteroatoms. The van der Waals surface area contributed by atoms with Crippen molar-refractivity contribution in [2.24, 2.45) is 5.73 Å². The van der Waals surface area contributed by atoms with Gasteiger partial charge in [-0.1, -0.05) is 12.1 Å². The van der Waals surface area contributed by atoms with Gasteiger partial charge in [-0.15, -0.1) is 0 Å². The Balaban J connectivity index is 1.69. The average molecular weight is 542 g/mol. The molecule has 3 heterocycles. The summed E-state index contributed by atoms with van der Waals surface area (Å²) in [6.07, 6.45) is 0.939. The third kappa shape index (κ3) is 10.3. The predicted octanol–water partition coefficient (Wildman–Crippen LogP) is 0.950. The molecule has 1 fully saturated rings. The summed E-state index contributed by atoms with van der Waals surface area (Å²) in [4.78, 5) is 42.6. The average Bonchev–Trinajstić information content (AvgIpc) is 2.96. The van der Waals surface area contributed by atoms with Crippen molar-refractivity contribution < 1.29 is 19.1 Å². The van der Waals surface area contributed by atoms with Crippen molar-refractivity contribution in [2.75, 3.05) is 86.7 Å². The van der Waals surface area contributed by atoms with E-state index in [0.717, 1.165) is 76.7 Å². The smallest absolute Gasteiger partial charge is 0.356 e. The summed E-state index contributed by atoms with van der Waals surface area (Å²) in [5.74, 6) is -0.843. The molecule has 0 spiro atoms. The fourth-order valence-electron chi connectivity index (χ4n) is 4.52. The number of nitrogens with two attached hydrogens (primary N) is 1. The number of pyridine rings is 2. The summed E-state index contributed by atoms with van der Waals surface area (Å²) >= 11 is 0. The van der Waals surface area contributed by atoms with Crippen molar-refractivity contribution in [2.45, 2.75) is 19.5 Å². The number of methoxy groups -OCH3 is 2. The van der Waals surface area contributed by atoms with Crippen LogP contribution in [0, 0.1) is 0 Å². The van der Waals surface area contributed by atoms with Gasteiger partial charge in [-0.3, -0.25) is 9.80 Å². The van der Waals surface area contributed by atoms with Crippen LogP contribution in [0.5, 0.6) is 0 Å². The van der Waals surface area contributed by atoms with Crippen LogP contribution in [-0.2, 0) is 22.6 Å². The van der Waals surface area contributed by atoms with Crippen LogP contribution < -0.4 is 5.73 Å². The number of rotatable bonds is 9. The molecule has 3 rings (SSSR count). The van der Waals surface area contributed by atoms with Gasteiger partial charge in [-0.2, -0.15) is 0 Å². The normalized spacial score (nSPS) is 17.2.